The van der Waals surface area contributed by atoms with Crippen LogP contribution in [0, 0.1) is 13.8 Å². The minimum absolute atomic E-state index is 0.265. The molecule has 10 nitrogen and oxygen atoms in total. The first-order valence-electron chi connectivity index (χ1n) is 11.1. The van der Waals surface area contributed by atoms with Crippen molar-refractivity contribution in [2.75, 3.05) is 16.1 Å². The number of carbonyl (C=O) groups excluding carboxylic acids is 1. The second kappa shape index (κ2) is 9.63. The van der Waals surface area contributed by atoms with E-state index in [-0.39, 0.29) is 5.91 Å². The molecule has 178 valence electrons. The molecule has 0 saturated carbocycles. The summed E-state index contributed by atoms with van der Waals surface area (Å²) in [4.78, 5) is 24.9. The molecule has 5 rings (SSSR count). The zero-order valence-electron chi connectivity index (χ0n) is 19.7. The molecule has 5 aromatic rings. The average molecular weight is 478 g/mol. The van der Waals surface area contributed by atoms with Crippen LogP contribution in [-0.2, 0) is 0 Å². The number of nitrogens with zero attached hydrogens (tertiary/aromatic N) is 5. The third kappa shape index (κ3) is 4.60. The van der Waals surface area contributed by atoms with Gasteiger partial charge < -0.3 is 15.6 Å². The number of anilines is 4. The molecule has 0 spiro atoms. The fraction of sp³-hybridized carbons (Fsp3) is 0.0769. The fourth-order valence-electron chi connectivity index (χ4n) is 3.82. The van der Waals surface area contributed by atoms with Crippen LogP contribution in [0.1, 0.15) is 21.6 Å². The maximum Gasteiger partial charge on any atom is 0.272 e. The summed E-state index contributed by atoms with van der Waals surface area (Å²) in [5, 5.41) is 18.3. The summed E-state index contributed by atoms with van der Waals surface area (Å²) in [7, 11) is 0. The number of fused-ring (bicyclic) bond motifs is 1. The highest BCUT2D eigenvalue weighted by molar-refractivity contribution is 6.06. The zero-order chi connectivity index (χ0) is 25.1. The van der Waals surface area contributed by atoms with Gasteiger partial charge in [0, 0.05) is 35.1 Å². The van der Waals surface area contributed by atoms with Crippen molar-refractivity contribution in [1.82, 2.24) is 25.1 Å². The van der Waals surface area contributed by atoms with Gasteiger partial charge >= 0.3 is 0 Å². The minimum atomic E-state index is -0.265. The van der Waals surface area contributed by atoms with E-state index in [0.717, 1.165) is 39.0 Å². The number of hydrogen-bond donors (Lipinski definition) is 4. The van der Waals surface area contributed by atoms with Crippen LogP contribution in [0.4, 0.5) is 22.9 Å². The van der Waals surface area contributed by atoms with Crippen molar-refractivity contribution in [2.24, 2.45) is 5.10 Å². The normalized spacial score (nSPS) is 10.7. The number of aromatic nitrogens is 5. The highest BCUT2D eigenvalue weighted by Crippen LogP contribution is 2.29. The van der Waals surface area contributed by atoms with Crippen LogP contribution in [0.15, 0.2) is 72.2 Å². The van der Waals surface area contributed by atoms with Crippen molar-refractivity contribution in [2.45, 2.75) is 13.8 Å². The van der Waals surface area contributed by atoms with E-state index in [4.69, 9.17) is 4.98 Å². The van der Waals surface area contributed by atoms with Gasteiger partial charge in [-0.15, -0.1) is 0 Å². The Balaban J connectivity index is 1.38. The number of rotatable bonds is 7. The first kappa shape index (κ1) is 22.7. The number of amides is 1. The highest BCUT2D eigenvalue weighted by Gasteiger charge is 2.12. The molecule has 36 heavy (non-hydrogen) atoms. The lowest BCUT2D eigenvalue weighted by molar-refractivity contribution is 0.102. The van der Waals surface area contributed by atoms with E-state index in [1.807, 2.05) is 50.2 Å². The van der Waals surface area contributed by atoms with E-state index in [0.29, 0.717) is 23.0 Å². The molecule has 0 saturated heterocycles. The Morgan fingerprint density at radius 2 is 1.81 bits per heavy atom. The predicted molar refractivity (Wildman–Crippen MR) is 142 cm³/mol. The topological polar surface area (TPSA) is 133 Å². The van der Waals surface area contributed by atoms with E-state index in [9.17, 15) is 4.79 Å². The van der Waals surface area contributed by atoms with Gasteiger partial charge in [0.15, 0.2) is 5.82 Å². The van der Waals surface area contributed by atoms with Crippen molar-refractivity contribution < 1.29 is 4.79 Å². The zero-order valence-corrected chi connectivity index (χ0v) is 19.7. The summed E-state index contributed by atoms with van der Waals surface area (Å²) in [5.41, 5.74) is 9.52. The lowest BCUT2D eigenvalue weighted by Crippen LogP contribution is -2.12. The average Bonchev–Trinajstić information content (AvgIpc) is 3.33. The Kier molecular flexibility index (Phi) is 6.06. The molecule has 10 heteroatoms. The van der Waals surface area contributed by atoms with Crippen molar-refractivity contribution in [3.63, 3.8) is 0 Å². The molecule has 0 bridgehead atoms. The predicted octanol–water partition coefficient (Wildman–Crippen LogP) is 5.06. The molecule has 2 aromatic carbocycles. The number of hydrogen-bond acceptors (Lipinski definition) is 8. The summed E-state index contributed by atoms with van der Waals surface area (Å²) < 4.78 is 0. The van der Waals surface area contributed by atoms with Gasteiger partial charge in [0.25, 0.3) is 5.91 Å². The van der Waals surface area contributed by atoms with Crippen LogP contribution < -0.4 is 16.1 Å². The van der Waals surface area contributed by atoms with Crippen molar-refractivity contribution in [1.29, 1.82) is 0 Å². The molecule has 1 amide bonds. The van der Waals surface area contributed by atoms with Crippen LogP contribution in [-0.4, -0.2) is 37.8 Å². The third-order valence-corrected chi connectivity index (χ3v) is 5.87. The van der Waals surface area contributed by atoms with Crippen molar-refractivity contribution in [3.8, 4) is 11.4 Å². The van der Waals surface area contributed by atoms with Gasteiger partial charge in [-0.2, -0.15) is 15.3 Å². The third-order valence-electron chi connectivity index (χ3n) is 5.87. The fourth-order valence-corrected chi connectivity index (χ4v) is 3.82. The second-order valence-corrected chi connectivity index (χ2v) is 8.14. The van der Waals surface area contributed by atoms with Gasteiger partial charge in [-0.05, 0) is 61.4 Å². The number of H-pyrrole nitrogens is 1. The van der Waals surface area contributed by atoms with Crippen LogP contribution >= 0.6 is 0 Å². The molecule has 0 aliphatic carbocycles. The molecule has 0 atom stereocenters. The van der Waals surface area contributed by atoms with E-state index < -0.39 is 0 Å². The van der Waals surface area contributed by atoms with Crippen LogP contribution in [0.2, 0.25) is 0 Å². The summed E-state index contributed by atoms with van der Waals surface area (Å²) in [6.45, 7) is 7.54. The largest absolute Gasteiger partial charge is 0.350 e. The molecular weight excluding hydrogens is 454 g/mol. The van der Waals surface area contributed by atoms with Crippen molar-refractivity contribution in [3.05, 3.63) is 83.9 Å². The maximum absolute atomic E-state index is 12.6. The van der Waals surface area contributed by atoms with Gasteiger partial charge in [0.2, 0.25) is 0 Å². The van der Waals surface area contributed by atoms with Gasteiger partial charge in [0.05, 0.1) is 23.8 Å². The quantitative estimate of drug-likeness (QED) is 0.190. The molecule has 0 unspecified atom stereocenters. The van der Waals surface area contributed by atoms with E-state index in [1.54, 1.807) is 18.3 Å². The van der Waals surface area contributed by atoms with Gasteiger partial charge in [-0.25, -0.2) is 9.97 Å². The van der Waals surface area contributed by atoms with Gasteiger partial charge in [-0.3, -0.25) is 10.2 Å². The first-order chi connectivity index (χ1) is 17.5. The van der Waals surface area contributed by atoms with Crippen molar-refractivity contribution >= 4 is 46.4 Å². The Labute approximate surface area is 206 Å². The minimum Gasteiger partial charge on any atom is -0.350 e. The SMILES string of the molecule is C=NNc1ccc(Nc2ccnc(-c3ccc4cc(C(=O)Nc5ccnnc5)[nH]c4c3)n2)c(C)c1C. The Hall–Kier alpha value is -5.12. The van der Waals surface area contributed by atoms with Gasteiger partial charge in [0.1, 0.15) is 11.5 Å². The second-order valence-electron chi connectivity index (χ2n) is 8.14. The summed E-state index contributed by atoms with van der Waals surface area (Å²) in [6.07, 6.45) is 4.72. The lowest BCUT2D eigenvalue weighted by Gasteiger charge is -2.14. The molecule has 0 fully saturated rings. The summed E-state index contributed by atoms with van der Waals surface area (Å²) >= 11 is 0. The first-order valence-corrected chi connectivity index (χ1v) is 11.1. The van der Waals surface area contributed by atoms with E-state index in [1.165, 1.54) is 12.4 Å². The standard InChI is InChI=1S/C26H23N9O/c1-15-16(2)21(35-27-3)7-6-20(15)33-24-9-10-28-25(34-24)18-5-4-17-12-23(32-22(17)13-18)26(36)31-19-8-11-29-30-14-19/h4-14,32,35H,3H2,1-2H3,(H,28,33,34)(H,29,31,36). The monoisotopic (exact) mass is 477 g/mol. The lowest BCUT2D eigenvalue weighted by atomic mass is 10.1. The number of benzene rings is 2. The molecule has 0 aliphatic heterocycles. The molecule has 4 N–H and O–H groups in total. The summed E-state index contributed by atoms with van der Waals surface area (Å²) in [5.74, 6) is 0.968. The maximum atomic E-state index is 12.6. The Morgan fingerprint density at radius 3 is 2.61 bits per heavy atom. The summed E-state index contributed by atoms with van der Waals surface area (Å²) in [6, 6.07) is 15.0. The molecule has 0 radical (unpaired) electrons. The van der Waals surface area contributed by atoms with E-state index >= 15 is 0 Å². The van der Waals surface area contributed by atoms with E-state index in [2.05, 4.69) is 48.0 Å². The smallest absolute Gasteiger partial charge is 0.272 e. The molecule has 3 heterocycles. The number of carbonyl (C=O) groups is 1. The molecule has 3 aromatic heterocycles. The number of aromatic amines is 1. The highest BCUT2D eigenvalue weighted by atomic mass is 16.1. The Morgan fingerprint density at radius 1 is 0.972 bits per heavy atom. The van der Waals surface area contributed by atoms with Crippen LogP contribution in [0.5, 0.6) is 0 Å². The van der Waals surface area contributed by atoms with Gasteiger partial charge in [-0.1, -0.05) is 12.1 Å². The molecular formula is C26H23N9O. The Bertz CT molecular complexity index is 1580. The van der Waals surface area contributed by atoms with Crippen LogP contribution in [0.25, 0.3) is 22.3 Å². The number of nitrogens with one attached hydrogen (secondary N) is 4. The number of hydrazone groups is 1. The van der Waals surface area contributed by atoms with Crippen LogP contribution in [0.3, 0.4) is 0 Å². The molecule has 0 aliphatic rings.